The van der Waals surface area contributed by atoms with Crippen LogP contribution < -0.4 is 10.6 Å². The van der Waals surface area contributed by atoms with Crippen molar-refractivity contribution in [1.29, 1.82) is 0 Å². The predicted octanol–water partition coefficient (Wildman–Crippen LogP) is 6.18. The lowest BCUT2D eigenvalue weighted by Gasteiger charge is -2.15. The van der Waals surface area contributed by atoms with Gasteiger partial charge in [0.05, 0.1) is 5.71 Å². The molecule has 0 fully saturated rings. The van der Waals surface area contributed by atoms with E-state index in [0.717, 1.165) is 34.1 Å². The minimum absolute atomic E-state index is 0.418. The van der Waals surface area contributed by atoms with Gasteiger partial charge in [-0.3, -0.25) is 9.56 Å². The summed E-state index contributed by atoms with van der Waals surface area (Å²) in [7, 11) is 0. The molecule has 0 bridgehead atoms. The van der Waals surface area contributed by atoms with Crippen molar-refractivity contribution in [2.45, 2.75) is 26.4 Å². The molecular formula is C24H20Cl2N6OS. The topological polar surface area (TPSA) is 84.2 Å². The number of urea groups is 1. The molecule has 0 aliphatic carbocycles. The maximum atomic E-state index is 12.9. The van der Waals surface area contributed by atoms with Gasteiger partial charge in [0.2, 0.25) is 0 Å². The zero-order chi connectivity index (χ0) is 23.8. The Labute approximate surface area is 210 Å². The lowest BCUT2D eigenvalue weighted by Crippen LogP contribution is -2.33. The number of thiophene rings is 1. The molecule has 172 valence electrons. The number of aryl methyl sites for hydroxylation is 2. The molecule has 10 heteroatoms. The standard InChI is InChI=1S/C24H20Cl2N6OS/c1-3-18-12-19-20(14-4-6-15(25)7-5-14)28-21(22-31-30-13(2)32(22)23(19)34-18)29-24(33)27-17-10-8-16(26)9-11-17/h4-12,21H,3H2,1-2H3,(H2,27,29,33). The number of hydrogen-bond acceptors (Lipinski definition) is 5. The summed E-state index contributed by atoms with van der Waals surface area (Å²) in [4.78, 5) is 19.1. The van der Waals surface area contributed by atoms with E-state index in [1.165, 1.54) is 4.88 Å². The number of carbonyl (C=O) groups excluding carboxylic acids is 1. The highest BCUT2D eigenvalue weighted by Gasteiger charge is 2.30. The van der Waals surface area contributed by atoms with Crippen molar-refractivity contribution in [2.75, 3.05) is 5.32 Å². The molecule has 0 radical (unpaired) electrons. The SMILES string of the molecule is CCc1cc2c(s1)-n1c(C)nnc1C(NC(=O)Nc1ccc(Cl)cc1)N=C2c1ccc(Cl)cc1. The predicted molar refractivity (Wildman–Crippen MR) is 137 cm³/mol. The molecule has 2 N–H and O–H groups in total. The quantitative estimate of drug-likeness (QED) is 0.343. The number of aromatic nitrogens is 3. The summed E-state index contributed by atoms with van der Waals surface area (Å²) in [6, 6.07) is 16.1. The molecule has 7 nitrogen and oxygen atoms in total. The number of benzene rings is 2. The molecular weight excluding hydrogens is 491 g/mol. The molecule has 1 atom stereocenters. The highest BCUT2D eigenvalue weighted by Crippen LogP contribution is 2.36. The fourth-order valence-electron chi connectivity index (χ4n) is 3.76. The Morgan fingerprint density at radius 2 is 1.74 bits per heavy atom. The van der Waals surface area contributed by atoms with Crippen LogP contribution >= 0.6 is 34.5 Å². The Morgan fingerprint density at radius 1 is 1.06 bits per heavy atom. The van der Waals surface area contributed by atoms with Crippen LogP contribution in [0.25, 0.3) is 5.00 Å². The fraction of sp³-hybridized carbons (Fsp3) is 0.167. The van der Waals surface area contributed by atoms with Crippen LogP contribution in [-0.2, 0) is 6.42 Å². The van der Waals surface area contributed by atoms with Crippen molar-refractivity contribution < 1.29 is 4.79 Å². The molecule has 0 saturated carbocycles. The third-order valence-electron chi connectivity index (χ3n) is 5.41. The Hall–Kier alpha value is -3.20. The number of nitrogens with one attached hydrogen (secondary N) is 2. The van der Waals surface area contributed by atoms with E-state index >= 15 is 0 Å². The Kier molecular flexibility index (Phi) is 6.12. The maximum Gasteiger partial charge on any atom is 0.321 e. The Balaban J connectivity index is 1.59. The zero-order valence-electron chi connectivity index (χ0n) is 18.3. The van der Waals surface area contributed by atoms with Crippen LogP contribution in [0.5, 0.6) is 0 Å². The summed E-state index contributed by atoms with van der Waals surface area (Å²) in [5.41, 5.74) is 3.23. The van der Waals surface area contributed by atoms with Crippen molar-refractivity contribution in [3.05, 3.63) is 92.3 Å². The van der Waals surface area contributed by atoms with Crippen LogP contribution in [-0.4, -0.2) is 26.5 Å². The van der Waals surface area contributed by atoms with Gasteiger partial charge in [-0.05, 0) is 55.8 Å². The Morgan fingerprint density at radius 3 is 2.41 bits per heavy atom. The van der Waals surface area contributed by atoms with Crippen molar-refractivity contribution >= 4 is 52.0 Å². The van der Waals surface area contributed by atoms with Gasteiger partial charge in [-0.25, -0.2) is 4.79 Å². The second-order valence-electron chi connectivity index (χ2n) is 7.72. The van der Waals surface area contributed by atoms with Crippen molar-refractivity contribution in [3.8, 4) is 5.00 Å². The van der Waals surface area contributed by atoms with Gasteiger partial charge >= 0.3 is 6.03 Å². The molecule has 2 amide bonds. The van der Waals surface area contributed by atoms with E-state index in [-0.39, 0.29) is 0 Å². The summed E-state index contributed by atoms with van der Waals surface area (Å²) >= 11 is 13.8. The summed E-state index contributed by atoms with van der Waals surface area (Å²) < 4.78 is 1.97. The molecule has 4 aromatic rings. The van der Waals surface area contributed by atoms with Crippen molar-refractivity contribution in [2.24, 2.45) is 4.99 Å². The average molecular weight is 511 g/mol. The lowest BCUT2D eigenvalue weighted by atomic mass is 10.0. The van der Waals surface area contributed by atoms with Gasteiger partial charge in [0.25, 0.3) is 0 Å². The first-order valence-electron chi connectivity index (χ1n) is 10.6. The number of amides is 2. The van der Waals surface area contributed by atoms with Gasteiger partial charge < -0.3 is 10.6 Å². The van der Waals surface area contributed by atoms with E-state index in [9.17, 15) is 4.79 Å². The van der Waals surface area contributed by atoms with Gasteiger partial charge in [-0.1, -0.05) is 42.3 Å². The number of rotatable bonds is 4. The van der Waals surface area contributed by atoms with Crippen molar-refractivity contribution in [3.63, 3.8) is 0 Å². The minimum atomic E-state index is -0.760. The van der Waals surface area contributed by atoms with Gasteiger partial charge in [-0.2, -0.15) is 0 Å². The van der Waals surface area contributed by atoms with Crippen LogP contribution in [0.3, 0.4) is 0 Å². The third kappa shape index (κ3) is 4.32. The van der Waals surface area contributed by atoms with Gasteiger partial charge in [0.1, 0.15) is 10.8 Å². The number of nitrogens with zero attached hydrogens (tertiary/aromatic N) is 4. The van der Waals surface area contributed by atoms with E-state index in [1.807, 2.05) is 35.8 Å². The number of fused-ring (bicyclic) bond motifs is 3. The number of hydrogen-bond donors (Lipinski definition) is 2. The number of anilines is 1. The monoisotopic (exact) mass is 510 g/mol. The largest absolute Gasteiger partial charge is 0.321 e. The van der Waals surface area contributed by atoms with Crippen LogP contribution in [0.2, 0.25) is 10.0 Å². The van der Waals surface area contributed by atoms with Gasteiger partial charge in [0, 0.05) is 31.7 Å². The average Bonchev–Trinajstić information content (AvgIpc) is 3.39. The first kappa shape index (κ1) is 22.6. The third-order valence-corrected chi connectivity index (χ3v) is 7.18. The van der Waals surface area contributed by atoms with E-state index < -0.39 is 12.2 Å². The molecule has 2 aromatic heterocycles. The van der Waals surface area contributed by atoms with E-state index in [4.69, 9.17) is 28.2 Å². The molecule has 5 rings (SSSR count). The van der Waals surface area contributed by atoms with Gasteiger partial charge in [-0.15, -0.1) is 21.5 Å². The van der Waals surface area contributed by atoms with Crippen LogP contribution in [0, 0.1) is 6.92 Å². The number of halogens is 2. The molecule has 1 unspecified atom stereocenters. The summed E-state index contributed by atoms with van der Waals surface area (Å²) in [5, 5.41) is 16.6. The fourth-order valence-corrected chi connectivity index (χ4v) is 5.17. The number of carbonyl (C=O) groups is 1. The smallest absolute Gasteiger partial charge is 0.309 e. The van der Waals surface area contributed by atoms with Gasteiger partial charge in [0.15, 0.2) is 12.0 Å². The molecule has 2 aromatic carbocycles. The molecule has 1 aliphatic heterocycles. The van der Waals surface area contributed by atoms with Crippen molar-refractivity contribution in [1.82, 2.24) is 20.1 Å². The molecule has 1 aliphatic rings. The second kappa shape index (κ2) is 9.21. The minimum Gasteiger partial charge on any atom is -0.309 e. The Bertz CT molecular complexity index is 1390. The summed E-state index contributed by atoms with van der Waals surface area (Å²) in [5.74, 6) is 1.26. The van der Waals surface area contributed by atoms with Crippen LogP contribution in [0.15, 0.2) is 59.6 Å². The molecule has 3 heterocycles. The highest BCUT2D eigenvalue weighted by atomic mass is 35.5. The molecule has 34 heavy (non-hydrogen) atoms. The van der Waals surface area contributed by atoms with E-state index in [1.54, 1.807) is 35.6 Å². The van der Waals surface area contributed by atoms with E-state index in [0.29, 0.717) is 21.6 Å². The summed E-state index contributed by atoms with van der Waals surface area (Å²) in [6.45, 7) is 4.01. The first-order valence-corrected chi connectivity index (χ1v) is 12.2. The lowest BCUT2D eigenvalue weighted by molar-refractivity contribution is 0.248. The van der Waals surface area contributed by atoms with Crippen LogP contribution in [0.4, 0.5) is 10.5 Å². The summed E-state index contributed by atoms with van der Waals surface area (Å²) in [6.07, 6.45) is 0.136. The normalized spacial score (nSPS) is 14.6. The molecule has 0 saturated heterocycles. The zero-order valence-corrected chi connectivity index (χ0v) is 20.7. The molecule has 0 spiro atoms. The number of aliphatic imine (C=N–C) groups is 1. The van der Waals surface area contributed by atoms with Crippen LogP contribution in [0.1, 0.15) is 40.7 Å². The maximum absolute atomic E-state index is 12.9. The second-order valence-corrected chi connectivity index (χ2v) is 9.71. The van der Waals surface area contributed by atoms with E-state index in [2.05, 4.69) is 33.8 Å². The highest BCUT2D eigenvalue weighted by molar-refractivity contribution is 7.15. The first-order chi connectivity index (χ1) is 16.4.